The molecular formula is C10H8O5. The standard InChI is InChI=1S/C10H8O5/c11-9(12)6-5-7-3-1-2-4-8(7)15-10(13)14/h1-6H,(H,11,12)(H,13,14). The molecule has 0 aliphatic rings. The summed E-state index contributed by atoms with van der Waals surface area (Å²) in [4.78, 5) is 20.6. The van der Waals surface area contributed by atoms with Gasteiger partial charge in [0.25, 0.3) is 0 Å². The van der Waals surface area contributed by atoms with Gasteiger partial charge in [0.1, 0.15) is 5.75 Å². The van der Waals surface area contributed by atoms with E-state index in [4.69, 9.17) is 10.2 Å². The summed E-state index contributed by atoms with van der Waals surface area (Å²) >= 11 is 0. The van der Waals surface area contributed by atoms with Gasteiger partial charge in [0, 0.05) is 11.6 Å². The van der Waals surface area contributed by atoms with Crippen LogP contribution in [0.5, 0.6) is 5.75 Å². The molecule has 0 unspecified atom stereocenters. The van der Waals surface area contributed by atoms with Crippen molar-refractivity contribution in [2.75, 3.05) is 0 Å². The van der Waals surface area contributed by atoms with Crippen molar-refractivity contribution in [3.8, 4) is 5.75 Å². The molecule has 1 aromatic rings. The molecule has 0 spiro atoms. The number of hydrogen-bond acceptors (Lipinski definition) is 3. The molecule has 0 saturated carbocycles. The van der Waals surface area contributed by atoms with Crippen molar-refractivity contribution in [1.29, 1.82) is 0 Å². The first-order chi connectivity index (χ1) is 7.09. The van der Waals surface area contributed by atoms with Crippen LogP contribution in [0.25, 0.3) is 6.08 Å². The van der Waals surface area contributed by atoms with Gasteiger partial charge in [0.15, 0.2) is 0 Å². The maximum atomic E-state index is 10.3. The molecule has 0 saturated heterocycles. The number of carboxylic acid groups (broad SMARTS) is 2. The van der Waals surface area contributed by atoms with E-state index < -0.39 is 12.1 Å². The Morgan fingerprint density at radius 1 is 1.20 bits per heavy atom. The minimum absolute atomic E-state index is 0.0995. The van der Waals surface area contributed by atoms with Gasteiger partial charge < -0.3 is 14.9 Å². The number of benzene rings is 1. The molecular weight excluding hydrogens is 200 g/mol. The highest BCUT2D eigenvalue weighted by Gasteiger charge is 2.04. The molecule has 0 aliphatic heterocycles. The van der Waals surface area contributed by atoms with Gasteiger partial charge >= 0.3 is 12.1 Å². The van der Waals surface area contributed by atoms with Crippen molar-refractivity contribution < 1.29 is 24.5 Å². The molecule has 15 heavy (non-hydrogen) atoms. The normalized spacial score (nSPS) is 10.1. The SMILES string of the molecule is O=C(O)C=Cc1ccccc1OC(=O)O. The zero-order valence-electron chi connectivity index (χ0n) is 7.58. The van der Waals surface area contributed by atoms with E-state index in [0.29, 0.717) is 5.56 Å². The lowest BCUT2D eigenvalue weighted by Crippen LogP contribution is -2.04. The van der Waals surface area contributed by atoms with Crippen LogP contribution < -0.4 is 4.74 Å². The fourth-order valence-corrected chi connectivity index (χ4v) is 0.966. The monoisotopic (exact) mass is 208 g/mol. The van der Waals surface area contributed by atoms with Gasteiger partial charge in [0.05, 0.1) is 0 Å². The number of hydrogen-bond donors (Lipinski definition) is 2. The molecule has 5 nitrogen and oxygen atoms in total. The predicted molar refractivity (Wildman–Crippen MR) is 51.8 cm³/mol. The van der Waals surface area contributed by atoms with Gasteiger partial charge in [-0.3, -0.25) is 0 Å². The van der Waals surface area contributed by atoms with Crippen LogP contribution >= 0.6 is 0 Å². The maximum Gasteiger partial charge on any atom is 0.511 e. The van der Waals surface area contributed by atoms with E-state index in [1.807, 2.05) is 0 Å². The summed E-state index contributed by atoms with van der Waals surface area (Å²) in [6.45, 7) is 0. The van der Waals surface area contributed by atoms with Crippen molar-refractivity contribution in [3.63, 3.8) is 0 Å². The predicted octanol–water partition coefficient (Wildman–Crippen LogP) is 1.84. The molecule has 0 bridgehead atoms. The third-order valence-electron chi connectivity index (χ3n) is 1.52. The zero-order chi connectivity index (χ0) is 11.3. The van der Waals surface area contributed by atoms with Gasteiger partial charge in [-0.2, -0.15) is 0 Å². The van der Waals surface area contributed by atoms with Crippen molar-refractivity contribution in [3.05, 3.63) is 35.9 Å². The van der Waals surface area contributed by atoms with E-state index >= 15 is 0 Å². The first kappa shape index (κ1) is 10.8. The van der Waals surface area contributed by atoms with E-state index in [9.17, 15) is 9.59 Å². The summed E-state index contributed by atoms with van der Waals surface area (Å²) in [5.41, 5.74) is 0.391. The van der Waals surface area contributed by atoms with E-state index in [0.717, 1.165) is 6.08 Å². The highest BCUT2D eigenvalue weighted by atomic mass is 16.7. The quantitative estimate of drug-likeness (QED) is 0.449. The fourth-order valence-electron chi connectivity index (χ4n) is 0.966. The Balaban J connectivity index is 2.95. The molecule has 2 N–H and O–H groups in total. The molecule has 0 atom stereocenters. The van der Waals surface area contributed by atoms with Crippen LogP contribution in [-0.2, 0) is 4.79 Å². The number of rotatable bonds is 3. The van der Waals surface area contributed by atoms with Gasteiger partial charge in [-0.05, 0) is 12.1 Å². The molecule has 5 heteroatoms. The second kappa shape index (κ2) is 4.80. The van der Waals surface area contributed by atoms with Crippen LogP contribution in [0.1, 0.15) is 5.56 Å². The van der Waals surface area contributed by atoms with E-state index in [2.05, 4.69) is 4.74 Å². The topological polar surface area (TPSA) is 83.8 Å². The van der Waals surface area contributed by atoms with Crippen molar-refractivity contribution in [1.82, 2.24) is 0 Å². The molecule has 78 valence electrons. The van der Waals surface area contributed by atoms with Crippen molar-refractivity contribution in [2.45, 2.75) is 0 Å². The minimum atomic E-state index is -1.44. The van der Waals surface area contributed by atoms with Crippen molar-refractivity contribution >= 4 is 18.2 Å². The van der Waals surface area contributed by atoms with Crippen molar-refractivity contribution in [2.24, 2.45) is 0 Å². The lowest BCUT2D eigenvalue weighted by molar-refractivity contribution is -0.131. The second-order valence-electron chi connectivity index (χ2n) is 2.58. The molecule has 1 rings (SSSR count). The highest BCUT2D eigenvalue weighted by molar-refractivity contribution is 5.86. The minimum Gasteiger partial charge on any atom is -0.478 e. The largest absolute Gasteiger partial charge is 0.511 e. The molecule has 0 aliphatic carbocycles. The maximum absolute atomic E-state index is 10.3. The Morgan fingerprint density at radius 2 is 1.87 bits per heavy atom. The van der Waals surface area contributed by atoms with Crippen LogP contribution in [0, 0.1) is 0 Å². The molecule has 0 heterocycles. The van der Waals surface area contributed by atoms with Crippen LogP contribution in [0.2, 0.25) is 0 Å². The van der Waals surface area contributed by atoms with Crippen LogP contribution in [0.3, 0.4) is 0 Å². The number of carboxylic acids is 1. The lowest BCUT2D eigenvalue weighted by atomic mass is 10.2. The first-order valence-electron chi connectivity index (χ1n) is 4.00. The second-order valence-corrected chi connectivity index (χ2v) is 2.58. The summed E-state index contributed by atoms with van der Waals surface area (Å²) in [5.74, 6) is -1.01. The number of aliphatic carboxylic acids is 1. The Morgan fingerprint density at radius 3 is 2.47 bits per heavy atom. The van der Waals surface area contributed by atoms with Crippen LogP contribution in [0.4, 0.5) is 4.79 Å². The van der Waals surface area contributed by atoms with Crippen LogP contribution in [0.15, 0.2) is 30.3 Å². The Kier molecular flexibility index (Phi) is 3.45. The summed E-state index contributed by atoms with van der Waals surface area (Å²) in [5, 5.41) is 16.8. The molecule has 0 radical (unpaired) electrons. The first-order valence-corrected chi connectivity index (χ1v) is 4.00. The number of carbonyl (C=O) groups is 2. The summed E-state index contributed by atoms with van der Waals surface area (Å²) in [6.07, 6.45) is 0.733. The smallest absolute Gasteiger partial charge is 0.478 e. The van der Waals surface area contributed by atoms with Crippen LogP contribution in [-0.4, -0.2) is 22.3 Å². The Hall–Kier alpha value is -2.30. The molecule has 1 aromatic carbocycles. The average molecular weight is 208 g/mol. The highest BCUT2D eigenvalue weighted by Crippen LogP contribution is 2.19. The Bertz CT molecular complexity index is 408. The van der Waals surface area contributed by atoms with Gasteiger partial charge in [-0.1, -0.05) is 18.2 Å². The fraction of sp³-hybridized carbons (Fsp3) is 0. The molecule has 0 fully saturated rings. The van der Waals surface area contributed by atoms with E-state index in [-0.39, 0.29) is 5.75 Å². The third-order valence-corrected chi connectivity index (χ3v) is 1.52. The lowest BCUT2D eigenvalue weighted by Gasteiger charge is -2.02. The molecule has 0 amide bonds. The summed E-state index contributed by atoms with van der Waals surface area (Å²) < 4.78 is 4.45. The summed E-state index contributed by atoms with van der Waals surface area (Å²) in [7, 11) is 0. The zero-order valence-corrected chi connectivity index (χ0v) is 7.58. The van der Waals surface area contributed by atoms with Gasteiger partial charge in [0.2, 0.25) is 0 Å². The average Bonchev–Trinajstić information content (AvgIpc) is 2.15. The van der Waals surface area contributed by atoms with E-state index in [1.54, 1.807) is 18.2 Å². The van der Waals surface area contributed by atoms with E-state index in [1.165, 1.54) is 12.1 Å². The summed E-state index contributed by atoms with van der Waals surface area (Å²) in [6, 6.07) is 6.24. The third kappa shape index (κ3) is 3.51. The van der Waals surface area contributed by atoms with Gasteiger partial charge in [-0.15, -0.1) is 0 Å². The van der Waals surface area contributed by atoms with Gasteiger partial charge in [-0.25, -0.2) is 9.59 Å². The molecule has 0 aromatic heterocycles. The number of ether oxygens (including phenoxy) is 1. The number of para-hydroxylation sites is 1. The Labute approximate surface area is 85.2 Å².